The number of aryl methyl sites for hydroxylation is 1. The Labute approximate surface area is 150 Å². The number of ether oxygens (including phenoxy) is 1. The number of aromatic nitrogens is 3. The molecule has 0 bridgehead atoms. The molecule has 5 nitrogen and oxygen atoms in total. The van der Waals surface area contributed by atoms with E-state index in [9.17, 15) is 9.18 Å². The Kier molecular flexibility index (Phi) is 4.93. The number of halogens is 1. The van der Waals surface area contributed by atoms with Crippen molar-refractivity contribution in [1.29, 1.82) is 0 Å². The quantitative estimate of drug-likeness (QED) is 0.652. The van der Waals surface area contributed by atoms with Crippen LogP contribution in [0.25, 0.3) is 11.8 Å². The zero-order valence-electron chi connectivity index (χ0n) is 14.6. The molecule has 2 aromatic carbocycles. The molecule has 0 saturated carbocycles. The van der Waals surface area contributed by atoms with Crippen LogP contribution >= 0.6 is 0 Å². The predicted molar refractivity (Wildman–Crippen MR) is 96.4 cm³/mol. The van der Waals surface area contributed by atoms with Crippen LogP contribution in [0.3, 0.4) is 0 Å². The van der Waals surface area contributed by atoms with Crippen LogP contribution < -0.4 is 0 Å². The highest BCUT2D eigenvalue weighted by Gasteiger charge is 2.19. The van der Waals surface area contributed by atoms with Gasteiger partial charge in [0.15, 0.2) is 5.69 Å². The Bertz CT molecular complexity index is 962. The van der Waals surface area contributed by atoms with Crippen molar-refractivity contribution in [1.82, 2.24) is 15.0 Å². The van der Waals surface area contributed by atoms with Crippen molar-refractivity contribution in [2.75, 3.05) is 0 Å². The summed E-state index contributed by atoms with van der Waals surface area (Å²) in [7, 11) is 0. The summed E-state index contributed by atoms with van der Waals surface area (Å²) < 4.78 is 20.5. The van der Waals surface area contributed by atoms with Crippen molar-refractivity contribution in [3.63, 3.8) is 0 Å². The Morgan fingerprint density at radius 1 is 1.23 bits per heavy atom. The molecule has 0 unspecified atom stereocenters. The van der Waals surface area contributed by atoms with Crippen LogP contribution in [0.5, 0.6) is 0 Å². The summed E-state index contributed by atoms with van der Waals surface area (Å²) in [5.41, 5.74) is 3.47. The van der Waals surface area contributed by atoms with Crippen molar-refractivity contribution in [2.45, 2.75) is 20.5 Å². The van der Waals surface area contributed by atoms with Gasteiger partial charge in [-0.3, -0.25) is 0 Å². The van der Waals surface area contributed by atoms with Crippen molar-refractivity contribution < 1.29 is 13.9 Å². The summed E-state index contributed by atoms with van der Waals surface area (Å²) in [4.78, 5) is 12.3. The smallest absolute Gasteiger partial charge is 0.361 e. The van der Waals surface area contributed by atoms with Gasteiger partial charge in [-0.15, -0.1) is 5.10 Å². The van der Waals surface area contributed by atoms with E-state index >= 15 is 0 Å². The van der Waals surface area contributed by atoms with E-state index in [1.807, 2.05) is 24.3 Å². The minimum atomic E-state index is -0.575. The number of carbonyl (C=O) groups excluding carboxylic acids is 1. The van der Waals surface area contributed by atoms with Gasteiger partial charge in [0.1, 0.15) is 12.4 Å². The fourth-order valence-corrected chi connectivity index (χ4v) is 2.44. The first kappa shape index (κ1) is 17.5. The summed E-state index contributed by atoms with van der Waals surface area (Å²) in [5.74, 6) is -0.918. The predicted octanol–water partition coefficient (Wildman–Crippen LogP) is 4.02. The fourth-order valence-electron chi connectivity index (χ4n) is 2.44. The van der Waals surface area contributed by atoms with E-state index in [-0.39, 0.29) is 18.1 Å². The molecule has 0 spiro atoms. The third kappa shape index (κ3) is 3.54. The Morgan fingerprint density at radius 3 is 2.62 bits per heavy atom. The van der Waals surface area contributed by atoms with Crippen LogP contribution in [-0.2, 0) is 11.3 Å². The van der Waals surface area contributed by atoms with Crippen LogP contribution in [0.4, 0.5) is 4.39 Å². The number of nitrogens with zero attached hydrogens (tertiary/aromatic N) is 3. The minimum Gasteiger partial charge on any atom is -0.456 e. The number of rotatable bonds is 5. The lowest BCUT2D eigenvalue weighted by atomic mass is 10.1. The van der Waals surface area contributed by atoms with Crippen molar-refractivity contribution in [3.8, 4) is 5.69 Å². The van der Waals surface area contributed by atoms with Crippen LogP contribution in [0.1, 0.15) is 32.9 Å². The van der Waals surface area contributed by atoms with Crippen LogP contribution in [0, 0.1) is 19.7 Å². The molecule has 6 heteroatoms. The lowest BCUT2D eigenvalue weighted by molar-refractivity contribution is 0.0464. The Balaban J connectivity index is 1.74. The first-order valence-corrected chi connectivity index (χ1v) is 8.07. The third-order valence-electron chi connectivity index (χ3n) is 4.07. The number of benzene rings is 2. The van der Waals surface area contributed by atoms with Crippen LogP contribution in [-0.4, -0.2) is 21.0 Å². The summed E-state index contributed by atoms with van der Waals surface area (Å²) in [6, 6.07) is 12.2. The van der Waals surface area contributed by atoms with E-state index in [0.29, 0.717) is 16.9 Å². The highest BCUT2D eigenvalue weighted by Crippen LogP contribution is 2.17. The van der Waals surface area contributed by atoms with Gasteiger partial charge in [0.2, 0.25) is 0 Å². The standard InChI is InChI=1S/C20H18FN3O2/c1-4-15-6-8-16(9-7-15)12-26-20(25)19-14(3)24(23-22-19)17-10-5-13(2)18(21)11-17/h4-11H,1,12H2,2-3H3. The van der Waals surface area contributed by atoms with Gasteiger partial charge in [-0.05, 0) is 42.7 Å². The van der Waals surface area contributed by atoms with E-state index in [0.717, 1.165) is 11.1 Å². The third-order valence-corrected chi connectivity index (χ3v) is 4.07. The lowest BCUT2D eigenvalue weighted by Gasteiger charge is -2.06. The van der Waals surface area contributed by atoms with Gasteiger partial charge in [0.25, 0.3) is 0 Å². The second-order valence-corrected chi connectivity index (χ2v) is 5.89. The fraction of sp³-hybridized carbons (Fsp3) is 0.150. The maximum atomic E-state index is 13.8. The van der Waals surface area contributed by atoms with Crippen molar-refractivity contribution in [3.05, 3.63) is 82.9 Å². The molecular weight excluding hydrogens is 333 g/mol. The first-order chi connectivity index (χ1) is 12.5. The SMILES string of the molecule is C=Cc1ccc(COC(=O)c2nnn(-c3ccc(C)c(F)c3)c2C)cc1. The van der Waals surface area contributed by atoms with Crippen molar-refractivity contribution >= 4 is 12.0 Å². The largest absolute Gasteiger partial charge is 0.456 e. The van der Waals surface area contributed by atoms with Crippen LogP contribution in [0.2, 0.25) is 0 Å². The molecule has 3 rings (SSSR count). The molecule has 132 valence electrons. The summed E-state index contributed by atoms with van der Waals surface area (Å²) in [6.07, 6.45) is 1.74. The van der Waals surface area contributed by atoms with Gasteiger partial charge < -0.3 is 4.74 Å². The maximum Gasteiger partial charge on any atom is 0.361 e. The second kappa shape index (κ2) is 7.31. The maximum absolute atomic E-state index is 13.8. The Morgan fingerprint density at radius 2 is 1.96 bits per heavy atom. The molecule has 0 amide bonds. The number of hydrogen-bond donors (Lipinski definition) is 0. The Hall–Kier alpha value is -3.28. The van der Waals surface area contributed by atoms with Gasteiger partial charge in [-0.2, -0.15) is 0 Å². The molecule has 0 N–H and O–H groups in total. The average Bonchev–Trinajstić information content (AvgIpc) is 3.04. The van der Waals surface area contributed by atoms with E-state index < -0.39 is 5.97 Å². The number of esters is 1. The molecular formula is C20H18FN3O2. The zero-order chi connectivity index (χ0) is 18.7. The average molecular weight is 351 g/mol. The number of carbonyl (C=O) groups is 1. The molecule has 3 aromatic rings. The molecule has 0 fully saturated rings. The molecule has 1 aromatic heterocycles. The normalized spacial score (nSPS) is 10.6. The molecule has 1 heterocycles. The number of hydrogen-bond acceptors (Lipinski definition) is 4. The topological polar surface area (TPSA) is 57.0 Å². The van der Waals surface area contributed by atoms with Gasteiger partial charge in [-0.25, -0.2) is 13.9 Å². The van der Waals surface area contributed by atoms with Gasteiger partial charge >= 0.3 is 5.97 Å². The van der Waals surface area contributed by atoms with Gasteiger partial charge in [0.05, 0.1) is 11.4 Å². The minimum absolute atomic E-state index is 0.105. The summed E-state index contributed by atoms with van der Waals surface area (Å²) in [5, 5.41) is 7.83. The first-order valence-electron chi connectivity index (χ1n) is 8.07. The molecule has 0 aliphatic rings. The van der Waals surface area contributed by atoms with E-state index in [2.05, 4.69) is 16.9 Å². The monoisotopic (exact) mass is 351 g/mol. The van der Waals surface area contributed by atoms with E-state index in [1.54, 1.807) is 32.1 Å². The zero-order valence-corrected chi connectivity index (χ0v) is 14.6. The van der Waals surface area contributed by atoms with Gasteiger partial charge in [-0.1, -0.05) is 48.2 Å². The molecule has 0 radical (unpaired) electrons. The van der Waals surface area contributed by atoms with E-state index in [1.165, 1.54) is 10.7 Å². The second-order valence-electron chi connectivity index (χ2n) is 5.89. The molecule has 26 heavy (non-hydrogen) atoms. The van der Waals surface area contributed by atoms with Crippen LogP contribution in [0.15, 0.2) is 49.0 Å². The summed E-state index contributed by atoms with van der Waals surface area (Å²) in [6.45, 7) is 7.19. The summed E-state index contributed by atoms with van der Waals surface area (Å²) >= 11 is 0. The van der Waals surface area contributed by atoms with E-state index in [4.69, 9.17) is 4.74 Å². The lowest BCUT2D eigenvalue weighted by Crippen LogP contribution is -2.08. The van der Waals surface area contributed by atoms with Crippen molar-refractivity contribution in [2.24, 2.45) is 0 Å². The molecule has 0 saturated heterocycles. The molecule has 0 aliphatic heterocycles. The molecule has 0 atom stereocenters. The highest BCUT2D eigenvalue weighted by atomic mass is 19.1. The molecule has 0 aliphatic carbocycles. The van der Waals surface area contributed by atoms with Gasteiger partial charge in [0, 0.05) is 0 Å². The highest BCUT2D eigenvalue weighted by molar-refractivity contribution is 5.88.